The predicted molar refractivity (Wildman–Crippen MR) is 23.8 cm³/mol. The molecule has 10 N–H and O–H groups in total. The molecular formula is H10BNa4O8+. The largest absolute Gasteiger partial charge is 1.00 e. The Morgan fingerprint density at radius 2 is 0.462 bits per heavy atom. The van der Waals surface area contributed by atoms with E-state index >= 15 is 0 Å². The van der Waals surface area contributed by atoms with Gasteiger partial charge < -0.3 is 42.5 Å². The molecule has 0 amide bonds. The maximum absolute atomic E-state index is 8.42. The number of hydrogen-bond acceptors (Lipinski definition) is 3. The van der Waals surface area contributed by atoms with Gasteiger partial charge in [0.05, 0.1) is 0 Å². The summed E-state index contributed by atoms with van der Waals surface area (Å²) in [5.74, 6) is 0. The van der Waals surface area contributed by atoms with Crippen LogP contribution in [0.1, 0.15) is 0 Å². The molecule has 13 heteroatoms. The van der Waals surface area contributed by atoms with Crippen LogP contribution in [0, 0.1) is 0 Å². The van der Waals surface area contributed by atoms with E-state index in [1.165, 1.54) is 0 Å². The van der Waals surface area contributed by atoms with E-state index in [0.717, 1.165) is 0 Å². The van der Waals surface area contributed by atoms with E-state index < -0.39 is 7.32 Å². The summed E-state index contributed by atoms with van der Waals surface area (Å²) in [6.45, 7) is 0. The van der Waals surface area contributed by atoms with Crippen LogP contribution in [0.4, 0.5) is 0 Å². The zero-order valence-corrected chi connectivity index (χ0v) is 16.3. The second-order valence-electron chi connectivity index (χ2n) is 0.289. The van der Waals surface area contributed by atoms with E-state index in [0.29, 0.717) is 0 Å². The zero-order chi connectivity index (χ0) is 3.58. The van der Waals surface area contributed by atoms with E-state index in [4.69, 9.17) is 15.1 Å². The smallest absolute Gasteiger partial charge is 0.907 e. The Balaban J connectivity index is -0.00000000125. The van der Waals surface area contributed by atoms with Crippen molar-refractivity contribution in [3.05, 3.63) is 0 Å². The molecule has 0 rings (SSSR count). The third-order valence-electron chi connectivity index (χ3n) is 0. The Labute approximate surface area is 165 Å². The molecule has 0 aromatic carbocycles. The van der Waals surface area contributed by atoms with Crippen LogP contribution >= 0.6 is 0 Å². The Hall–Kier alpha value is 3.74. The van der Waals surface area contributed by atoms with E-state index in [-0.39, 0.29) is 146 Å². The van der Waals surface area contributed by atoms with Crippen molar-refractivity contribution in [2.24, 2.45) is 0 Å². The van der Waals surface area contributed by atoms with Gasteiger partial charge in [0.2, 0.25) is 0 Å². The van der Waals surface area contributed by atoms with Crippen LogP contribution in [0.2, 0.25) is 0 Å². The summed E-state index contributed by atoms with van der Waals surface area (Å²) in [5, 5.41) is 25.2. The number of hydrogen-bond donors (Lipinski definition) is 0. The zero-order valence-electron chi connectivity index (χ0n) is 8.30. The Kier molecular flexibility index (Phi) is 528. The van der Waals surface area contributed by atoms with Crippen molar-refractivity contribution in [3.8, 4) is 0 Å². The molecule has 0 fully saturated rings. The Morgan fingerprint density at radius 3 is 0.462 bits per heavy atom. The molecule has 8 nitrogen and oxygen atoms in total. The summed E-state index contributed by atoms with van der Waals surface area (Å²) in [5.41, 5.74) is 0. The van der Waals surface area contributed by atoms with Crippen molar-refractivity contribution in [3.63, 3.8) is 0 Å². The van der Waals surface area contributed by atoms with Crippen LogP contribution in [-0.4, -0.2) is 34.7 Å². The van der Waals surface area contributed by atoms with Gasteiger partial charge in [0, 0.05) is 0 Å². The van der Waals surface area contributed by atoms with Crippen LogP contribution < -0.4 is 133 Å². The third-order valence-corrected chi connectivity index (χ3v) is 0. The first-order valence-corrected chi connectivity index (χ1v) is 0.707. The fourth-order valence-corrected chi connectivity index (χ4v) is 0. The molecule has 0 atom stereocenters. The normalized spacial score (nSPS) is 2.08. The van der Waals surface area contributed by atoms with Gasteiger partial charge in [0.1, 0.15) is 0 Å². The fraction of sp³-hybridized carbons (Fsp3) is 0. The molecule has 0 aliphatic carbocycles. The fourth-order valence-electron chi connectivity index (χ4n) is 0. The molecule has 0 radical (unpaired) electrons. The SMILES string of the molecule is O.O.O.O.O.[Na+].[Na+].[Na+].[Na+].[O-]B([O-])[O-]. The standard InChI is InChI=1S/BO3.4Na.5H2O/c2-1(3)4;;;;;;;;;/h;;;;;5*1H2/q-3;4*+1;;;;;. The van der Waals surface area contributed by atoms with E-state index in [9.17, 15) is 0 Å². The van der Waals surface area contributed by atoms with Crippen LogP contribution in [0.3, 0.4) is 0 Å². The van der Waals surface area contributed by atoms with Crippen LogP contribution in [-0.2, 0) is 0 Å². The van der Waals surface area contributed by atoms with Gasteiger partial charge in [-0.1, -0.05) is 0 Å². The second-order valence-corrected chi connectivity index (χ2v) is 0.289. The van der Waals surface area contributed by atoms with Gasteiger partial charge in [0.15, 0.2) is 0 Å². The molecule has 64 valence electrons. The molecule has 0 spiro atoms. The molecular weight excluding hydrogens is 231 g/mol. The van der Waals surface area contributed by atoms with E-state index in [1.54, 1.807) is 0 Å². The van der Waals surface area contributed by atoms with Gasteiger partial charge in [0.25, 0.3) is 0 Å². The predicted octanol–water partition coefficient (Wildman–Crippen LogP) is -20.1. The molecule has 13 heavy (non-hydrogen) atoms. The first-order chi connectivity index (χ1) is 1.73. The molecule has 0 aliphatic rings. The maximum Gasteiger partial charge on any atom is 1.00 e. The van der Waals surface area contributed by atoms with Crippen molar-refractivity contribution in [2.45, 2.75) is 0 Å². The quantitative estimate of drug-likeness (QED) is 0.376. The first-order valence-electron chi connectivity index (χ1n) is 0.707. The monoisotopic (exact) mass is 241 g/mol. The average molecular weight is 241 g/mol. The van der Waals surface area contributed by atoms with Crippen molar-refractivity contribution in [2.75, 3.05) is 0 Å². The Morgan fingerprint density at radius 1 is 0.462 bits per heavy atom. The minimum atomic E-state index is -2.92. The Bertz CT molecular complexity index is 20.9. The number of rotatable bonds is 0. The summed E-state index contributed by atoms with van der Waals surface area (Å²) in [6.07, 6.45) is 0. The first kappa shape index (κ1) is 91.2. The molecule has 0 bridgehead atoms. The van der Waals surface area contributed by atoms with E-state index in [1.807, 2.05) is 0 Å². The second kappa shape index (κ2) is 75.2. The minimum Gasteiger partial charge on any atom is -0.907 e. The minimum absolute atomic E-state index is 0. The molecule has 0 heterocycles. The summed E-state index contributed by atoms with van der Waals surface area (Å²) in [4.78, 5) is 0. The third kappa shape index (κ3) is 212. The van der Waals surface area contributed by atoms with Crippen LogP contribution in [0.5, 0.6) is 0 Å². The van der Waals surface area contributed by atoms with Crippen molar-refractivity contribution in [1.82, 2.24) is 0 Å². The summed E-state index contributed by atoms with van der Waals surface area (Å²) >= 11 is 0. The topological polar surface area (TPSA) is 227 Å². The van der Waals surface area contributed by atoms with Gasteiger partial charge in [-0.2, -0.15) is 0 Å². The van der Waals surface area contributed by atoms with Crippen molar-refractivity contribution in [1.29, 1.82) is 0 Å². The molecule has 0 aromatic heterocycles. The molecule has 0 saturated carbocycles. The summed E-state index contributed by atoms with van der Waals surface area (Å²) in [6, 6.07) is 0. The van der Waals surface area contributed by atoms with Gasteiger partial charge in [-0.15, -0.1) is 0 Å². The molecule has 0 aromatic rings. The summed E-state index contributed by atoms with van der Waals surface area (Å²) < 4.78 is 0. The van der Waals surface area contributed by atoms with E-state index in [2.05, 4.69) is 0 Å². The summed E-state index contributed by atoms with van der Waals surface area (Å²) in [7, 11) is -2.92. The van der Waals surface area contributed by atoms with Gasteiger partial charge in [-0.05, 0) is 0 Å². The van der Waals surface area contributed by atoms with Gasteiger partial charge in [-0.25, -0.2) is 0 Å². The van der Waals surface area contributed by atoms with Gasteiger partial charge in [-0.3, -0.25) is 7.32 Å². The van der Waals surface area contributed by atoms with Crippen molar-refractivity contribution < 1.29 is 161 Å². The molecule has 0 saturated heterocycles. The van der Waals surface area contributed by atoms with Gasteiger partial charge >= 0.3 is 118 Å². The van der Waals surface area contributed by atoms with Crippen molar-refractivity contribution >= 4 is 7.32 Å². The van der Waals surface area contributed by atoms with Crippen LogP contribution in [0.25, 0.3) is 0 Å². The molecule has 0 unspecified atom stereocenters. The maximum atomic E-state index is 8.42. The molecule has 0 aliphatic heterocycles. The average Bonchev–Trinajstić information content (AvgIpc) is 0.811. The van der Waals surface area contributed by atoms with Crippen LogP contribution in [0.15, 0.2) is 0 Å².